The minimum atomic E-state index is -0.195. The number of ether oxygens (including phenoxy) is 2. The van der Waals surface area contributed by atoms with Crippen LogP contribution in [0.2, 0.25) is 5.02 Å². The standard InChI is InChI=1S/C29H32ClN5O2S/c1-28(9-10-28)37-27-25(26(33-20-34-27)32-14-21-5-3-2-4-6-21)31-15-22-7-8-23(13-24(22)30)36-12-11-35-16-29(17-35)18-38-19-29/h2-8,13,15,20H,9-12,14,16-19H2,1H3,(H,32,33,34). The van der Waals surface area contributed by atoms with Crippen LogP contribution in [0.4, 0.5) is 11.5 Å². The Labute approximate surface area is 233 Å². The maximum absolute atomic E-state index is 6.61. The molecule has 38 heavy (non-hydrogen) atoms. The van der Waals surface area contributed by atoms with Crippen molar-refractivity contribution >= 4 is 41.1 Å². The molecular formula is C29H32ClN5O2S. The highest BCUT2D eigenvalue weighted by Crippen LogP contribution is 2.45. The van der Waals surface area contributed by atoms with Gasteiger partial charge < -0.3 is 14.8 Å². The van der Waals surface area contributed by atoms with Crippen LogP contribution in [0.25, 0.3) is 0 Å². The summed E-state index contributed by atoms with van der Waals surface area (Å²) in [7, 11) is 0. The van der Waals surface area contributed by atoms with Crippen LogP contribution in [0.5, 0.6) is 11.6 Å². The van der Waals surface area contributed by atoms with Gasteiger partial charge in [-0.05, 0) is 43.5 Å². The zero-order valence-electron chi connectivity index (χ0n) is 21.5. The number of nitrogens with zero attached hydrogens (tertiary/aromatic N) is 4. The molecule has 1 aromatic heterocycles. The summed E-state index contributed by atoms with van der Waals surface area (Å²) in [6, 6.07) is 15.9. The molecule has 0 atom stereocenters. The van der Waals surface area contributed by atoms with Crippen molar-refractivity contribution in [1.29, 1.82) is 0 Å². The van der Waals surface area contributed by atoms with E-state index < -0.39 is 0 Å². The van der Waals surface area contributed by atoms with Crippen molar-refractivity contribution in [3.8, 4) is 11.6 Å². The number of aliphatic imine (C=N–C) groups is 1. The van der Waals surface area contributed by atoms with Gasteiger partial charge in [0.05, 0.1) is 5.02 Å². The summed E-state index contributed by atoms with van der Waals surface area (Å²) in [6.07, 6.45) is 5.24. The maximum atomic E-state index is 6.61. The number of nitrogens with one attached hydrogen (secondary N) is 1. The van der Waals surface area contributed by atoms with E-state index in [1.54, 1.807) is 6.21 Å². The second-order valence-corrected chi connectivity index (χ2v) is 12.2. The molecule has 1 aliphatic carbocycles. The first-order valence-electron chi connectivity index (χ1n) is 13.1. The third-order valence-electron chi connectivity index (χ3n) is 7.30. The average Bonchev–Trinajstić information content (AvgIpc) is 3.60. The molecule has 2 aliphatic heterocycles. The Kier molecular flexibility index (Phi) is 7.20. The van der Waals surface area contributed by atoms with E-state index in [4.69, 9.17) is 26.1 Å². The first-order chi connectivity index (χ1) is 18.5. The van der Waals surface area contributed by atoms with Crippen molar-refractivity contribution in [2.45, 2.75) is 31.9 Å². The van der Waals surface area contributed by atoms with Gasteiger partial charge in [-0.15, -0.1) is 0 Å². The van der Waals surface area contributed by atoms with Gasteiger partial charge in [-0.1, -0.05) is 41.9 Å². The van der Waals surface area contributed by atoms with Crippen molar-refractivity contribution in [1.82, 2.24) is 14.9 Å². The molecular weight excluding hydrogens is 518 g/mol. The first kappa shape index (κ1) is 25.5. The van der Waals surface area contributed by atoms with E-state index in [2.05, 4.69) is 51.0 Å². The number of thioether (sulfide) groups is 1. The van der Waals surface area contributed by atoms with Crippen LogP contribution in [0.3, 0.4) is 0 Å². The Hall–Kier alpha value is -2.81. The summed E-state index contributed by atoms with van der Waals surface area (Å²) >= 11 is 8.67. The molecule has 9 heteroatoms. The predicted octanol–water partition coefficient (Wildman–Crippen LogP) is 5.85. The summed E-state index contributed by atoms with van der Waals surface area (Å²) in [5, 5.41) is 3.96. The molecule has 6 rings (SSSR count). The molecule has 1 spiro atoms. The van der Waals surface area contributed by atoms with E-state index in [9.17, 15) is 0 Å². The van der Waals surface area contributed by atoms with Crippen molar-refractivity contribution in [3.05, 3.63) is 71.0 Å². The third kappa shape index (κ3) is 5.92. The molecule has 1 N–H and O–H groups in total. The Bertz CT molecular complexity index is 1310. The van der Waals surface area contributed by atoms with Crippen LogP contribution in [0.15, 0.2) is 59.9 Å². The van der Waals surface area contributed by atoms with Gasteiger partial charge in [0, 0.05) is 54.9 Å². The number of halogens is 1. The maximum Gasteiger partial charge on any atom is 0.245 e. The zero-order valence-corrected chi connectivity index (χ0v) is 23.1. The second-order valence-electron chi connectivity index (χ2n) is 10.8. The fourth-order valence-corrected chi connectivity index (χ4v) is 6.10. The molecule has 2 aromatic carbocycles. The summed E-state index contributed by atoms with van der Waals surface area (Å²) in [5.74, 6) is 4.48. The SMILES string of the molecule is CC1(Oc2ncnc(NCc3ccccc3)c2N=Cc2ccc(OCCN3CC4(CSC4)C3)cc2Cl)CC1. The van der Waals surface area contributed by atoms with Crippen molar-refractivity contribution in [2.75, 3.05) is 43.1 Å². The van der Waals surface area contributed by atoms with E-state index in [-0.39, 0.29) is 5.60 Å². The third-order valence-corrected chi connectivity index (χ3v) is 9.26. The topological polar surface area (TPSA) is 71.9 Å². The van der Waals surface area contributed by atoms with E-state index in [0.29, 0.717) is 41.0 Å². The lowest BCUT2D eigenvalue weighted by atomic mass is 9.83. The van der Waals surface area contributed by atoms with Crippen LogP contribution in [-0.2, 0) is 6.54 Å². The van der Waals surface area contributed by atoms with Gasteiger partial charge in [-0.25, -0.2) is 9.98 Å². The number of likely N-dealkylation sites (tertiary alicyclic amines) is 1. The number of benzene rings is 2. The normalized spacial score (nSPS) is 19.1. The highest BCUT2D eigenvalue weighted by molar-refractivity contribution is 8.00. The first-order valence-corrected chi connectivity index (χ1v) is 14.6. The van der Waals surface area contributed by atoms with Crippen LogP contribution in [0.1, 0.15) is 30.9 Å². The molecule has 1 saturated carbocycles. The molecule has 2 saturated heterocycles. The minimum Gasteiger partial charge on any atom is -0.492 e. The monoisotopic (exact) mass is 549 g/mol. The molecule has 3 fully saturated rings. The second kappa shape index (κ2) is 10.8. The largest absolute Gasteiger partial charge is 0.492 e. The number of rotatable bonds is 11. The Morgan fingerprint density at radius 3 is 2.66 bits per heavy atom. The zero-order chi connectivity index (χ0) is 26.0. The van der Waals surface area contributed by atoms with E-state index in [1.165, 1.54) is 30.9 Å². The van der Waals surface area contributed by atoms with Crippen LogP contribution >= 0.6 is 23.4 Å². The molecule has 0 radical (unpaired) electrons. The fraction of sp³-hybridized carbons (Fsp3) is 0.414. The molecule has 198 valence electrons. The highest BCUT2D eigenvalue weighted by atomic mass is 35.5. The number of hydrogen-bond donors (Lipinski definition) is 1. The Morgan fingerprint density at radius 2 is 1.95 bits per heavy atom. The molecule has 0 bridgehead atoms. The van der Waals surface area contributed by atoms with Gasteiger partial charge in [0.1, 0.15) is 24.3 Å². The van der Waals surface area contributed by atoms with Crippen LogP contribution in [-0.4, -0.2) is 64.4 Å². The minimum absolute atomic E-state index is 0.195. The molecule has 3 aliphatic rings. The number of aromatic nitrogens is 2. The van der Waals surface area contributed by atoms with Crippen molar-refractivity contribution in [2.24, 2.45) is 10.4 Å². The summed E-state index contributed by atoms with van der Waals surface area (Å²) in [4.78, 5) is 16.1. The molecule has 3 heterocycles. The Morgan fingerprint density at radius 1 is 1.13 bits per heavy atom. The number of anilines is 1. The molecule has 0 amide bonds. The summed E-state index contributed by atoms with van der Waals surface area (Å²) in [6.45, 7) is 6.71. The van der Waals surface area contributed by atoms with Gasteiger partial charge in [-0.2, -0.15) is 16.7 Å². The smallest absolute Gasteiger partial charge is 0.245 e. The van der Waals surface area contributed by atoms with Gasteiger partial charge in [0.2, 0.25) is 5.88 Å². The van der Waals surface area contributed by atoms with Gasteiger partial charge in [-0.3, -0.25) is 4.90 Å². The van der Waals surface area contributed by atoms with Crippen LogP contribution in [0, 0.1) is 5.41 Å². The molecule has 0 unspecified atom stereocenters. The van der Waals surface area contributed by atoms with Gasteiger partial charge >= 0.3 is 0 Å². The predicted molar refractivity (Wildman–Crippen MR) is 154 cm³/mol. The lowest BCUT2D eigenvalue weighted by molar-refractivity contribution is 0.0203. The van der Waals surface area contributed by atoms with E-state index in [1.807, 2.05) is 36.4 Å². The van der Waals surface area contributed by atoms with Gasteiger partial charge in [0.15, 0.2) is 11.5 Å². The highest BCUT2D eigenvalue weighted by Gasteiger charge is 2.47. The summed E-state index contributed by atoms with van der Waals surface area (Å²) < 4.78 is 12.2. The lowest BCUT2D eigenvalue weighted by Crippen LogP contribution is -2.63. The fourth-order valence-electron chi connectivity index (χ4n) is 4.74. The lowest BCUT2D eigenvalue weighted by Gasteiger charge is -2.55. The van der Waals surface area contributed by atoms with E-state index in [0.717, 1.165) is 36.3 Å². The van der Waals surface area contributed by atoms with E-state index >= 15 is 0 Å². The van der Waals surface area contributed by atoms with Crippen molar-refractivity contribution < 1.29 is 9.47 Å². The quantitative estimate of drug-likeness (QED) is 0.301. The average molecular weight is 550 g/mol. The van der Waals surface area contributed by atoms with Gasteiger partial charge in [0.25, 0.3) is 0 Å². The molecule has 3 aromatic rings. The van der Waals surface area contributed by atoms with Crippen molar-refractivity contribution in [3.63, 3.8) is 0 Å². The van der Waals surface area contributed by atoms with Crippen LogP contribution < -0.4 is 14.8 Å². The number of hydrogen-bond acceptors (Lipinski definition) is 8. The molecule has 7 nitrogen and oxygen atoms in total. The Balaban J connectivity index is 1.12. The summed E-state index contributed by atoms with van der Waals surface area (Å²) in [5.41, 5.74) is 2.90.